The zero-order valence-electron chi connectivity index (χ0n) is 14.7. The Hall–Kier alpha value is -3.69. The van der Waals surface area contributed by atoms with Crippen LogP contribution >= 0.6 is 0 Å². The van der Waals surface area contributed by atoms with Crippen molar-refractivity contribution in [3.63, 3.8) is 0 Å². The van der Waals surface area contributed by atoms with Gasteiger partial charge in [-0.25, -0.2) is 9.78 Å². The van der Waals surface area contributed by atoms with Crippen LogP contribution in [0.25, 0.3) is 0 Å². The lowest BCUT2D eigenvalue weighted by molar-refractivity contribution is -0.384. The van der Waals surface area contributed by atoms with Crippen LogP contribution in [0.3, 0.4) is 0 Å². The maximum Gasteiger partial charge on any atom is 0.343 e. The fourth-order valence-electron chi connectivity index (χ4n) is 1.99. The lowest BCUT2D eigenvalue weighted by atomic mass is 10.2. The molecule has 2 aromatic rings. The molecule has 1 aromatic carbocycles. The number of carbonyl (C=O) groups excluding carboxylic acids is 1. The molecule has 142 valence electrons. The number of hydrogen-bond donors (Lipinski definition) is 1. The van der Waals surface area contributed by atoms with Crippen molar-refractivity contribution in [3.05, 3.63) is 52.2 Å². The quantitative estimate of drug-likeness (QED) is 0.307. The minimum absolute atomic E-state index is 0.0295. The summed E-state index contributed by atoms with van der Waals surface area (Å²) < 4.78 is 15.4. The third-order valence-corrected chi connectivity index (χ3v) is 3.21. The molecule has 0 bridgehead atoms. The van der Waals surface area contributed by atoms with Gasteiger partial charge in [-0.15, -0.1) is 0 Å². The van der Waals surface area contributed by atoms with Crippen LogP contribution in [-0.4, -0.2) is 42.4 Å². The predicted molar refractivity (Wildman–Crippen MR) is 97.2 cm³/mol. The Labute approximate surface area is 154 Å². The van der Waals surface area contributed by atoms with E-state index >= 15 is 0 Å². The van der Waals surface area contributed by atoms with Gasteiger partial charge in [0.05, 0.1) is 24.9 Å². The normalized spacial score (nSPS) is 10.4. The van der Waals surface area contributed by atoms with E-state index in [1.165, 1.54) is 31.7 Å². The maximum atomic E-state index is 11.2. The molecule has 10 nitrogen and oxygen atoms in total. The Balaban J connectivity index is 2.12. The Morgan fingerprint density at radius 3 is 2.85 bits per heavy atom. The summed E-state index contributed by atoms with van der Waals surface area (Å²) in [5.41, 5.74) is 3.00. The van der Waals surface area contributed by atoms with E-state index in [2.05, 4.69) is 20.2 Å². The summed E-state index contributed by atoms with van der Waals surface area (Å²) >= 11 is 0. The number of rotatable bonds is 9. The SMILES string of the molecule is CCOc1cc(/C=N\Nc2ncccc2[N+](=O)[O-])ccc1OCC(=O)OC. The lowest BCUT2D eigenvalue weighted by Crippen LogP contribution is -2.13. The van der Waals surface area contributed by atoms with E-state index in [1.807, 2.05) is 6.92 Å². The van der Waals surface area contributed by atoms with Crippen LogP contribution in [-0.2, 0) is 9.53 Å². The molecule has 0 fully saturated rings. The predicted octanol–water partition coefficient (Wildman–Crippen LogP) is 2.39. The molecule has 0 atom stereocenters. The average Bonchev–Trinajstić information content (AvgIpc) is 2.67. The van der Waals surface area contributed by atoms with E-state index < -0.39 is 10.9 Å². The average molecular weight is 374 g/mol. The fraction of sp³-hybridized carbons (Fsp3) is 0.235. The molecule has 1 aromatic heterocycles. The highest BCUT2D eigenvalue weighted by molar-refractivity contribution is 5.81. The highest BCUT2D eigenvalue weighted by Crippen LogP contribution is 2.28. The van der Waals surface area contributed by atoms with Gasteiger partial charge < -0.3 is 14.2 Å². The molecule has 0 aliphatic carbocycles. The number of hydrazone groups is 1. The van der Waals surface area contributed by atoms with Crippen LogP contribution < -0.4 is 14.9 Å². The first-order valence-corrected chi connectivity index (χ1v) is 7.90. The van der Waals surface area contributed by atoms with Gasteiger partial charge in [-0.1, -0.05) is 0 Å². The highest BCUT2D eigenvalue weighted by atomic mass is 16.6. The van der Waals surface area contributed by atoms with E-state index in [1.54, 1.807) is 18.2 Å². The summed E-state index contributed by atoms with van der Waals surface area (Å²) in [7, 11) is 1.27. The van der Waals surface area contributed by atoms with Crippen LogP contribution in [0, 0.1) is 10.1 Å². The number of ether oxygens (including phenoxy) is 3. The number of methoxy groups -OCH3 is 1. The topological polar surface area (TPSA) is 125 Å². The third kappa shape index (κ3) is 5.66. The van der Waals surface area contributed by atoms with Crippen molar-refractivity contribution in [3.8, 4) is 11.5 Å². The lowest BCUT2D eigenvalue weighted by Gasteiger charge is -2.11. The molecule has 27 heavy (non-hydrogen) atoms. The van der Waals surface area contributed by atoms with Crippen LogP contribution in [0.15, 0.2) is 41.6 Å². The number of aromatic nitrogens is 1. The molecule has 10 heteroatoms. The molecule has 0 saturated carbocycles. The zero-order chi connectivity index (χ0) is 19.6. The first-order valence-electron chi connectivity index (χ1n) is 7.90. The molecule has 0 aliphatic heterocycles. The van der Waals surface area contributed by atoms with Crippen molar-refractivity contribution in [2.24, 2.45) is 5.10 Å². The monoisotopic (exact) mass is 374 g/mol. The van der Waals surface area contributed by atoms with Gasteiger partial charge >= 0.3 is 11.7 Å². The summed E-state index contributed by atoms with van der Waals surface area (Å²) in [5.74, 6) is 0.327. The van der Waals surface area contributed by atoms with Crippen LogP contribution in [0.4, 0.5) is 11.5 Å². The number of anilines is 1. The third-order valence-electron chi connectivity index (χ3n) is 3.21. The molecular weight excluding hydrogens is 356 g/mol. The first-order chi connectivity index (χ1) is 13.0. The van der Waals surface area contributed by atoms with Gasteiger partial charge in [0.25, 0.3) is 0 Å². The van der Waals surface area contributed by atoms with E-state index in [0.717, 1.165) is 0 Å². The Bertz CT molecular complexity index is 840. The Kier molecular flexibility index (Phi) is 7.06. The molecule has 2 rings (SSSR count). The number of esters is 1. The number of nitro groups is 1. The van der Waals surface area contributed by atoms with Crippen molar-refractivity contribution in [1.82, 2.24) is 4.98 Å². The summed E-state index contributed by atoms with van der Waals surface area (Å²) in [6, 6.07) is 7.76. The standard InChI is InChI=1S/C17H18N4O6/c1-3-26-15-9-12(6-7-14(15)27-11-16(22)25-2)10-19-20-17-13(21(23)24)5-4-8-18-17/h4-10H,3,11H2,1-2H3,(H,18,20)/b19-10-. The van der Waals surface area contributed by atoms with Crippen molar-refractivity contribution < 1.29 is 23.9 Å². The molecule has 0 saturated heterocycles. The largest absolute Gasteiger partial charge is 0.490 e. The fourth-order valence-corrected chi connectivity index (χ4v) is 1.99. The van der Waals surface area contributed by atoms with E-state index in [-0.39, 0.29) is 18.1 Å². The zero-order valence-corrected chi connectivity index (χ0v) is 14.7. The molecule has 1 heterocycles. The smallest absolute Gasteiger partial charge is 0.343 e. The molecule has 0 aliphatic rings. The van der Waals surface area contributed by atoms with Gasteiger partial charge in [0, 0.05) is 12.3 Å². The molecule has 0 radical (unpaired) electrons. The van der Waals surface area contributed by atoms with Gasteiger partial charge in [0.1, 0.15) is 0 Å². The second-order valence-electron chi connectivity index (χ2n) is 5.00. The van der Waals surface area contributed by atoms with E-state index in [4.69, 9.17) is 9.47 Å². The number of pyridine rings is 1. The molecule has 1 N–H and O–H groups in total. The Morgan fingerprint density at radius 1 is 1.33 bits per heavy atom. The number of carbonyl (C=O) groups is 1. The minimum Gasteiger partial charge on any atom is -0.490 e. The molecular formula is C17H18N4O6. The van der Waals surface area contributed by atoms with Gasteiger partial charge in [0.2, 0.25) is 5.82 Å². The van der Waals surface area contributed by atoms with Gasteiger partial charge in [0.15, 0.2) is 18.1 Å². The van der Waals surface area contributed by atoms with Gasteiger partial charge in [-0.05, 0) is 36.8 Å². The summed E-state index contributed by atoms with van der Waals surface area (Å²) in [5, 5.41) is 14.9. The Morgan fingerprint density at radius 2 is 2.15 bits per heavy atom. The second kappa shape index (κ2) is 9.70. The number of benzene rings is 1. The molecule has 0 unspecified atom stereocenters. The number of nitrogens with zero attached hydrogens (tertiary/aromatic N) is 3. The van der Waals surface area contributed by atoms with E-state index in [0.29, 0.717) is 23.7 Å². The summed E-state index contributed by atoms with van der Waals surface area (Å²) in [4.78, 5) is 25.5. The number of nitrogens with one attached hydrogen (secondary N) is 1. The highest BCUT2D eigenvalue weighted by Gasteiger charge is 2.13. The summed E-state index contributed by atoms with van der Waals surface area (Å²) in [6.07, 6.45) is 2.87. The molecule has 0 amide bonds. The first kappa shape index (κ1) is 19.6. The van der Waals surface area contributed by atoms with Crippen molar-refractivity contribution in [2.75, 3.05) is 25.7 Å². The van der Waals surface area contributed by atoms with Crippen molar-refractivity contribution in [1.29, 1.82) is 0 Å². The minimum atomic E-state index is -0.550. The number of hydrogen-bond acceptors (Lipinski definition) is 9. The van der Waals surface area contributed by atoms with Crippen molar-refractivity contribution in [2.45, 2.75) is 6.92 Å². The maximum absolute atomic E-state index is 11.2. The van der Waals surface area contributed by atoms with Crippen LogP contribution in [0.2, 0.25) is 0 Å². The van der Waals surface area contributed by atoms with E-state index in [9.17, 15) is 14.9 Å². The van der Waals surface area contributed by atoms with Gasteiger partial charge in [-0.2, -0.15) is 5.10 Å². The second-order valence-corrected chi connectivity index (χ2v) is 5.00. The molecule has 0 spiro atoms. The van der Waals surface area contributed by atoms with Crippen LogP contribution in [0.1, 0.15) is 12.5 Å². The van der Waals surface area contributed by atoms with Gasteiger partial charge in [-0.3, -0.25) is 15.5 Å². The summed E-state index contributed by atoms with van der Waals surface area (Å²) in [6.45, 7) is 1.97. The van der Waals surface area contributed by atoms with Crippen LogP contribution in [0.5, 0.6) is 11.5 Å². The van der Waals surface area contributed by atoms with Crippen molar-refractivity contribution >= 4 is 23.7 Å².